The number of hydrogen-bond acceptors (Lipinski definition) is 2. The van der Waals surface area contributed by atoms with E-state index in [9.17, 15) is 0 Å². The van der Waals surface area contributed by atoms with Gasteiger partial charge in [-0.1, -0.05) is 63.6 Å². The summed E-state index contributed by atoms with van der Waals surface area (Å²) in [6, 6.07) is 3.40. The number of hydrogen-bond donors (Lipinski definition) is 0. The SMILES string of the molecule is C/C(Cl)=C\COc1cc(Cl)c(OCCCCCCBr)c(Cl)c1. The molecule has 0 N–H and O–H groups in total. The van der Waals surface area contributed by atoms with Crippen molar-refractivity contribution in [3.8, 4) is 11.5 Å². The van der Waals surface area contributed by atoms with Crippen molar-refractivity contribution in [2.45, 2.75) is 32.6 Å². The van der Waals surface area contributed by atoms with Crippen LogP contribution in [-0.4, -0.2) is 18.5 Å². The standard InChI is InChI=1S/C16H20BrCl3O2/c1-12(18)6-9-21-13-10-14(19)16(15(20)11-13)22-8-5-3-2-4-7-17/h6,10-11H,2-5,7-9H2,1H3/b12-6+. The van der Waals surface area contributed by atoms with Crippen LogP contribution >= 0.6 is 50.7 Å². The fourth-order valence-electron chi connectivity index (χ4n) is 1.73. The highest BCUT2D eigenvalue weighted by Crippen LogP contribution is 2.37. The monoisotopic (exact) mass is 428 g/mol. The lowest BCUT2D eigenvalue weighted by Gasteiger charge is -2.12. The van der Waals surface area contributed by atoms with Crippen LogP contribution in [-0.2, 0) is 0 Å². The summed E-state index contributed by atoms with van der Waals surface area (Å²) < 4.78 is 11.2. The summed E-state index contributed by atoms with van der Waals surface area (Å²) in [6.07, 6.45) is 6.25. The number of unbranched alkanes of at least 4 members (excludes halogenated alkanes) is 3. The largest absolute Gasteiger partial charge is 0.490 e. The third-order valence-corrected chi connectivity index (χ3v) is 4.14. The van der Waals surface area contributed by atoms with Gasteiger partial charge in [0.25, 0.3) is 0 Å². The molecular formula is C16H20BrCl3O2. The van der Waals surface area contributed by atoms with Gasteiger partial charge in [-0.25, -0.2) is 0 Å². The molecule has 0 aliphatic rings. The molecule has 2 nitrogen and oxygen atoms in total. The van der Waals surface area contributed by atoms with Crippen molar-refractivity contribution in [3.63, 3.8) is 0 Å². The summed E-state index contributed by atoms with van der Waals surface area (Å²) in [5.74, 6) is 1.11. The van der Waals surface area contributed by atoms with E-state index in [4.69, 9.17) is 44.3 Å². The molecule has 1 rings (SSSR count). The predicted octanol–water partition coefficient (Wildman–Crippen LogP) is 6.85. The molecule has 0 bridgehead atoms. The Morgan fingerprint density at radius 1 is 1.09 bits per heavy atom. The quantitative estimate of drug-likeness (QED) is 0.298. The Morgan fingerprint density at radius 2 is 1.73 bits per heavy atom. The summed E-state index contributed by atoms with van der Waals surface area (Å²) in [6.45, 7) is 2.77. The molecule has 0 fully saturated rings. The molecule has 0 unspecified atom stereocenters. The molecular weight excluding hydrogens is 410 g/mol. The van der Waals surface area contributed by atoms with Crippen LogP contribution in [0.2, 0.25) is 10.0 Å². The van der Waals surface area contributed by atoms with E-state index in [1.165, 1.54) is 12.8 Å². The van der Waals surface area contributed by atoms with E-state index in [-0.39, 0.29) is 0 Å². The number of halogens is 4. The lowest BCUT2D eigenvalue weighted by Crippen LogP contribution is -2.00. The molecule has 6 heteroatoms. The molecule has 0 atom stereocenters. The fourth-order valence-corrected chi connectivity index (χ4v) is 2.77. The number of rotatable bonds is 10. The van der Waals surface area contributed by atoms with E-state index in [1.807, 2.05) is 0 Å². The van der Waals surface area contributed by atoms with Gasteiger partial charge in [0.15, 0.2) is 5.75 Å². The molecule has 1 aromatic carbocycles. The summed E-state index contributed by atoms with van der Waals surface area (Å²) in [5.41, 5.74) is 0. The average molecular weight is 431 g/mol. The van der Waals surface area contributed by atoms with E-state index in [2.05, 4.69) is 15.9 Å². The summed E-state index contributed by atoms with van der Waals surface area (Å²) in [7, 11) is 0. The Kier molecular flexibility index (Phi) is 10.4. The minimum atomic E-state index is 0.371. The van der Waals surface area contributed by atoms with Gasteiger partial charge in [-0.3, -0.25) is 0 Å². The molecule has 124 valence electrons. The molecule has 22 heavy (non-hydrogen) atoms. The highest BCUT2D eigenvalue weighted by Gasteiger charge is 2.10. The van der Waals surface area contributed by atoms with Crippen LogP contribution in [0.15, 0.2) is 23.2 Å². The molecule has 0 saturated heterocycles. The average Bonchev–Trinajstić information content (AvgIpc) is 2.44. The third kappa shape index (κ3) is 7.96. The lowest BCUT2D eigenvalue weighted by molar-refractivity contribution is 0.304. The number of allylic oxidation sites excluding steroid dienone is 1. The highest BCUT2D eigenvalue weighted by molar-refractivity contribution is 9.09. The molecule has 0 aliphatic carbocycles. The van der Waals surface area contributed by atoms with Crippen LogP contribution in [0.3, 0.4) is 0 Å². The molecule has 1 aromatic rings. The Bertz CT molecular complexity index is 465. The van der Waals surface area contributed by atoms with Gasteiger partial charge < -0.3 is 9.47 Å². The van der Waals surface area contributed by atoms with Crippen LogP contribution in [0.1, 0.15) is 32.6 Å². The first-order valence-electron chi connectivity index (χ1n) is 7.17. The smallest absolute Gasteiger partial charge is 0.156 e. The first kappa shape index (κ1) is 20.0. The minimum Gasteiger partial charge on any atom is -0.490 e. The Hall–Kier alpha value is -0.0900. The van der Waals surface area contributed by atoms with E-state index in [0.717, 1.165) is 18.2 Å². The van der Waals surface area contributed by atoms with Gasteiger partial charge in [0.2, 0.25) is 0 Å². The molecule has 0 amide bonds. The van der Waals surface area contributed by atoms with Crippen LogP contribution in [0.5, 0.6) is 11.5 Å². The second-order valence-electron chi connectivity index (χ2n) is 4.77. The lowest BCUT2D eigenvalue weighted by atomic mass is 10.2. The number of alkyl halides is 1. The Morgan fingerprint density at radius 3 is 2.32 bits per heavy atom. The molecule has 0 aliphatic heterocycles. The fraction of sp³-hybridized carbons (Fsp3) is 0.500. The second kappa shape index (κ2) is 11.4. The van der Waals surface area contributed by atoms with Gasteiger partial charge in [-0.15, -0.1) is 0 Å². The van der Waals surface area contributed by atoms with Crippen LogP contribution in [0.4, 0.5) is 0 Å². The number of ether oxygens (including phenoxy) is 2. The van der Waals surface area contributed by atoms with Gasteiger partial charge >= 0.3 is 0 Å². The third-order valence-electron chi connectivity index (χ3n) is 2.86. The molecule has 0 aromatic heterocycles. The van der Waals surface area contributed by atoms with Crippen molar-refractivity contribution in [1.82, 2.24) is 0 Å². The van der Waals surface area contributed by atoms with Crippen molar-refractivity contribution in [1.29, 1.82) is 0 Å². The van der Waals surface area contributed by atoms with E-state index in [0.29, 0.717) is 39.8 Å². The van der Waals surface area contributed by atoms with Crippen molar-refractivity contribution in [3.05, 3.63) is 33.3 Å². The van der Waals surface area contributed by atoms with Gasteiger partial charge in [0.1, 0.15) is 12.4 Å². The van der Waals surface area contributed by atoms with E-state index >= 15 is 0 Å². The number of benzene rings is 1. The summed E-state index contributed by atoms with van der Waals surface area (Å²) in [4.78, 5) is 0. The maximum Gasteiger partial charge on any atom is 0.156 e. The maximum absolute atomic E-state index is 6.20. The predicted molar refractivity (Wildman–Crippen MR) is 99.3 cm³/mol. The van der Waals surface area contributed by atoms with Gasteiger partial charge in [-0.05, 0) is 25.8 Å². The topological polar surface area (TPSA) is 18.5 Å². The van der Waals surface area contributed by atoms with Crippen LogP contribution < -0.4 is 9.47 Å². The van der Waals surface area contributed by atoms with Crippen molar-refractivity contribution < 1.29 is 9.47 Å². The van der Waals surface area contributed by atoms with E-state index in [1.54, 1.807) is 25.1 Å². The highest BCUT2D eigenvalue weighted by atomic mass is 79.9. The first-order chi connectivity index (χ1) is 10.5. The van der Waals surface area contributed by atoms with Gasteiger partial charge in [-0.2, -0.15) is 0 Å². The second-order valence-corrected chi connectivity index (χ2v) is 6.97. The minimum absolute atomic E-state index is 0.371. The Labute approximate surface area is 155 Å². The van der Waals surface area contributed by atoms with Crippen molar-refractivity contribution >= 4 is 50.7 Å². The molecule has 0 saturated carbocycles. The molecule has 0 spiro atoms. The Balaban J connectivity index is 2.49. The maximum atomic E-state index is 6.20. The zero-order valence-electron chi connectivity index (χ0n) is 12.5. The molecule has 0 radical (unpaired) electrons. The van der Waals surface area contributed by atoms with Crippen molar-refractivity contribution in [2.24, 2.45) is 0 Å². The summed E-state index contributed by atoms with van der Waals surface area (Å²) >= 11 is 21.6. The van der Waals surface area contributed by atoms with E-state index < -0.39 is 0 Å². The van der Waals surface area contributed by atoms with Gasteiger partial charge in [0.05, 0.1) is 16.7 Å². The zero-order chi connectivity index (χ0) is 16.4. The van der Waals surface area contributed by atoms with Crippen molar-refractivity contribution in [2.75, 3.05) is 18.5 Å². The first-order valence-corrected chi connectivity index (χ1v) is 9.43. The van der Waals surface area contributed by atoms with Gasteiger partial charge in [0, 0.05) is 22.5 Å². The normalized spacial score (nSPS) is 11.6. The van der Waals surface area contributed by atoms with Crippen LogP contribution in [0.25, 0.3) is 0 Å². The zero-order valence-corrected chi connectivity index (χ0v) is 16.4. The van der Waals surface area contributed by atoms with Crippen LogP contribution in [0, 0.1) is 0 Å². The summed E-state index contributed by atoms with van der Waals surface area (Å²) in [5, 5.41) is 2.63. The molecule has 0 heterocycles.